The van der Waals surface area contributed by atoms with Crippen LogP contribution < -0.4 is 0 Å². The van der Waals surface area contributed by atoms with Crippen LogP contribution in [0.15, 0.2) is 17.5 Å². The smallest absolute Gasteiger partial charge is 0.0639 e. The molecule has 5 heteroatoms. The van der Waals surface area contributed by atoms with Crippen LogP contribution in [0.5, 0.6) is 0 Å². The van der Waals surface area contributed by atoms with E-state index in [0.717, 1.165) is 31.9 Å². The molecule has 0 amide bonds. The summed E-state index contributed by atoms with van der Waals surface area (Å²) >= 11 is 1.86. The molecule has 0 spiro atoms. The third-order valence-corrected chi connectivity index (χ3v) is 5.16. The first-order chi connectivity index (χ1) is 10.2. The summed E-state index contributed by atoms with van der Waals surface area (Å²) in [5, 5.41) is 9.57. The van der Waals surface area contributed by atoms with Crippen molar-refractivity contribution in [2.75, 3.05) is 26.2 Å². The average molecular weight is 304 g/mol. The van der Waals surface area contributed by atoms with E-state index in [1.807, 2.05) is 11.3 Å². The zero-order chi connectivity index (χ0) is 14.7. The Morgan fingerprint density at radius 3 is 2.52 bits per heavy atom. The van der Waals surface area contributed by atoms with Gasteiger partial charge in [0.25, 0.3) is 0 Å². The molecule has 21 heavy (non-hydrogen) atoms. The van der Waals surface area contributed by atoms with Crippen molar-refractivity contribution in [3.63, 3.8) is 0 Å². The van der Waals surface area contributed by atoms with E-state index in [4.69, 9.17) is 0 Å². The van der Waals surface area contributed by atoms with E-state index in [0.29, 0.717) is 0 Å². The number of aromatic amines is 1. The van der Waals surface area contributed by atoms with Crippen LogP contribution in [0.4, 0.5) is 0 Å². The molecule has 1 saturated heterocycles. The third-order valence-electron chi connectivity index (χ3n) is 4.30. The van der Waals surface area contributed by atoms with Gasteiger partial charge in [-0.15, -0.1) is 11.3 Å². The van der Waals surface area contributed by atoms with Crippen molar-refractivity contribution in [3.8, 4) is 0 Å². The second-order valence-electron chi connectivity index (χ2n) is 5.90. The van der Waals surface area contributed by atoms with E-state index in [9.17, 15) is 0 Å². The van der Waals surface area contributed by atoms with Crippen molar-refractivity contribution in [1.29, 1.82) is 0 Å². The highest BCUT2D eigenvalue weighted by Crippen LogP contribution is 2.16. The number of rotatable bonds is 4. The maximum Gasteiger partial charge on any atom is 0.0639 e. The topological polar surface area (TPSA) is 35.2 Å². The minimum absolute atomic E-state index is 1.03. The van der Waals surface area contributed by atoms with Gasteiger partial charge in [-0.3, -0.25) is 14.9 Å². The van der Waals surface area contributed by atoms with Crippen LogP contribution in [0.3, 0.4) is 0 Å². The summed E-state index contributed by atoms with van der Waals surface area (Å²) < 4.78 is 0. The van der Waals surface area contributed by atoms with Crippen molar-refractivity contribution in [1.82, 2.24) is 20.0 Å². The molecule has 1 aliphatic heterocycles. The standard InChI is InChI=1S/C16H24N4S/c1-13-16(14(2)18-17-13)12-20-7-4-6-19(8-9-20)11-15-5-3-10-21-15/h3,5,10H,4,6-9,11-12H2,1-2H3,(H,17,18). The van der Waals surface area contributed by atoms with Gasteiger partial charge >= 0.3 is 0 Å². The molecule has 1 N–H and O–H groups in total. The van der Waals surface area contributed by atoms with Crippen molar-refractivity contribution in [2.45, 2.75) is 33.4 Å². The van der Waals surface area contributed by atoms with Crippen molar-refractivity contribution >= 4 is 11.3 Å². The molecule has 0 atom stereocenters. The fourth-order valence-corrected chi connectivity index (χ4v) is 3.74. The van der Waals surface area contributed by atoms with Gasteiger partial charge in [-0.1, -0.05) is 6.07 Å². The summed E-state index contributed by atoms with van der Waals surface area (Å²) in [7, 11) is 0. The third kappa shape index (κ3) is 3.73. The number of nitrogens with one attached hydrogen (secondary N) is 1. The molecule has 1 aliphatic rings. The molecule has 2 aromatic heterocycles. The van der Waals surface area contributed by atoms with Crippen LogP contribution >= 0.6 is 11.3 Å². The van der Waals surface area contributed by atoms with Gasteiger partial charge in [-0.05, 0) is 44.8 Å². The Kier molecular flexibility index (Phi) is 4.73. The average Bonchev–Trinajstić information content (AvgIpc) is 3.01. The Morgan fingerprint density at radius 2 is 1.90 bits per heavy atom. The minimum Gasteiger partial charge on any atom is -0.298 e. The lowest BCUT2D eigenvalue weighted by Crippen LogP contribution is -2.30. The van der Waals surface area contributed by atoms with E-state index >= 15 is 0 Å². The van der Waals surface area contributed by atoms with Crippen LogP contribution in [0.1, 0.15) is 28.2 Å². The van der Waals surface area contributed by atoms with E-state index in [2.05, 4.69) is 51.4 Å². The zero-order valence-corrected chi connectivity index (χ0v) is 13.7. The SMILES string of the molecule is Cc1n[nH]c(C)c1CN1CCCN(Cc2cccs2)CC1. The maximum absolute atomic E-state index is 4.31. The predicted octanol–water partition coefficient (Wildman–Crippen LogP) is 2.80. The first kappa shape index (κ1) is 14.8. The molecule has 0 saturated carbocycles. The largest absolute Gasteiger partial charge is 0.298 e. The van der Waals surface area contributed by atoms with Gasteiger partial charge in [-0.2, -0.15) is 5.10 Å². The van der Waals surface area contributed by atoms with Gasteiger partial charge in [0.1, 0.15) is 0 Å². The van der Waals surface area contributed by atoms with Crippen LogP contribution in [-0.2, 0) is 13.1 Å². The molecule has 114 valence electrons. The second kappa shape index (κ2) is 6.73. The number of nitrogens with zero attached hydrogens (tertiary/aromatic N) is 3. The van der Waals surface area contributed by atoms with Crippen LogP contribution in [0.25, 0.3) is 0 Å². The lowest BCUT2D eigenvalue weighted by atomic mass is 10.2. The van der Waals surface area contributed by atoms with Crippen LogP contribution in [0.2, 0.25) is 0 Å². The van der Waals surface area contributed by atoms with Gasteiger partial charge in [0, 0.05) is 42.3 Å². The number of aromatic nitrogens is 2. The lowest BCUT2D eigenvalue weighted by molar-refractivity contribution is 0.248. The van der Waals surface area contributed by atoms with Crippen LogP contribution in [-0.4, -0.2) is 46.2 Å². The zero-order valence-electron chi connectivity index (χ0n) is 12.9. The van der Waals surface area contributed by atoms with E-state index in [1.54, 1.807) is 0 Å². The normalized spacial score (nSPS) is 18.0. The molecule has 0 aliphatic carbocycles. The van der Waals surface area contributed by atoms with Gasteiger partial charge in [0.05, 0.1) is 5.69 Å². The molecule has 4 nitrogen and oxygen atoms in total. The fourth-order valence-electron chi connectivity index (χ4n) is 2.99. The summed E-state index contributed by atoms with van der Waals surface area (Å²) in [6.07, 6.45) is 1.25. The lowest BCUT2D eigenvalue weighted by Gasteiger charge is -2.21. The summed E-state index contributed by atoms with van der Waals surface area (Å²) in [5.41, 5.74) is 3.74. The Labute approximate surface area is 130 Å². The molecule has 0 bridgehead atoms. The number of aryl methyl sites for hydroxylation is 2. The number of H-pyrrole nitrogens is 1. The highest BCUT2D eigenvalue weighted by molar-refractivity contribution is 7.09. The number of hydrogen-bond donors (Lipinski definition) is 1. The van der Waals surface area contributed by atoms with Crippen LogP contribution in [0, 0.1) is 13.8 Å². The van der Waals surface area contributed by atoms with E-state index in [-0.39, 0.29) is 0 Å². The molecule has 1 fully saturated rings. The van der Waals surface area contributed by atoms with Gasteiger partial charge in [-0.25, -0.2) is 0 Å². The summed E-state index contributed by atoms with van der Waals surface area (Å²) in [5.74, 6) is 0. The van der Waals surface area contributed by atoms with E-state index < -0.39 is 0 Å². The molecule has 3 heterocycles. The highest BCUT2D eigenvalue weighted by atomic mass is 32.1. The summed E-state index contributed by atoms with van der Waals surface area (Å²) in [4.78, 5) is 6.63. The summed E-state index contributed by atoms with van der Waals surface area (Å²) in [6, 6.07) is 4.39. The first-order valence-electron chi connectivity index (χ1n) is 7.70. The second-order valence-corrected chi connectivity index (χ2v) is 6.93. The maximum atomic E-state index is 4.31. The molecule has 0 radical (unpaired) electrons. The predicted molar refractivity (Wildman–Crippen MR) is 87.6 cm³/mol. The Hall–Kier alpha value is -1.17. The van der Waals surface area contributed by atoms with Gasteiger partial charge < -0.3 is 0 Å². The highest BCUT2D eigenvalue weighted by Gasteiger charge is 2.17. The molecule has 0 unspecified atom stereocenters. The Balaban J connectivity index is 1.56. The quantitative estimate of drug-likeness (QED) is 0.943. The van der Waals surface area contributed by atoms with Crippen molar-refractivity contribution < 1.29 is 0 Å². The Morgan fingerprint density at radius 1 is 1.14 bits per heavy atom. The molecule has 0 aromatic carbocycles. The van der Waals surface area contributed by atoms with E-state index in [1.165, 1.54) is 35.6 Å². The molecule has 2 aromatic rings. The number of hydrogen-bond acceptors (Lipinski definition) is 4. The minimum atomic E-state index is 1.03. The Bertz CT molecular complexity index is 541. The first-order valence-corrected chi connectivity index (χ1v) is 8.58. The van der Waals surface area contributed by atoms with Crippen molar-refractivity contribution in [3.05, 3.63) is 39.3 Å². The molecular weight excluding hydrogens is 280 g/mol. The van der Waals surface area contributed by atoms with Gasteiger partial charge in [0.15, 0.2) is 0 Å². The van der Waals surface area contributed by atoms with Crippen molar-refractivity contribution in [2.24, 2.45) is 0 Å². The fraction of sp³-hybridized carbons (Fsp3) is 0.562. The van der Waals surface area contributed by atoms with Gasteiger partial charge in [0.2, 0.25) is 0 Å². The summed E-state index contributed by atoms with van der Waals surface area (Å²) in [6.45, 7) is 11.1. The molecular formula is C16H24N4S. The molecule has 3 rings (SSSR count). The number of thiophene rings is 1. The monoisotopic (exact) mass is 304 g/mol.